The van der Waals surface area contributed by atoms with Gasteiger partial charge >= 0.3 is 6.18 Å². The zero-order valence-electron chi connectivity index (χ0n) is 10.3. The summed E-state index contributed by atoms with van der Waals surface area (Å²) in [6.07, 6.45) is -4.30. The van der Waals surface area contributed by atoms with Crippen molar-refractivity contribution in [1.29, 1.82) is 0 Å². The molecule has 0 saturated carbocycles. The minimum Gasteiger partial charge on any atom is -0.399 e. The number of hydrogen-bond acceptors (Lipinski definition) is 3. The van der Waals surface area contributed by atoms with E-state index in [-0.39, 0.29) is 5.69 Å². The quantitative estimate of drug-likeness (QED) is 0.700. The summed E-state index contributed by atoms with van der Waals surface area (Å²) in [5.74, 6) is 0. The van der Waals surface area contributed by atoms with Crippen LogP contribution >= 0.6 is 0 Å². The second kappa shape index (κ2) is 6.61. The van der Waals surface area contributed by atoms with E-state index < -0.39 is 11.7 Å². The zero-order chi connectivity index (χ0) is 13.6. The van der Waals surface area contributed by atoms with Crippen molar-refractivity contribution >= 4 is 5.69 Å². The maximum atomic E-state index is 11.9. The SMILES string of the molecule is CN1CCNCC1.Nc1cccc(C(F)(F)F)c1. The van der Waals surface area contributed by atoms with Gasteiger partial charge in [-0.2, -0.15) is 13.2 Å². The number of nitrogens with one attached hydrogen (secondary N) is 1. The molecule has 18 heavy (non-hydrogen) atoms. The fourth-order valence-corrected chi connectivity index (χ4v) is 1.49. The molecule has 3 nitrogen and oxygen atoms in total. The number of nitrogens with two attached hydrogens (primary N) is 1. The Balaban J connectivity index is 0.000000199. The number of piperazine rings is 1. The summed E-state index contributed by atoms with van der Waals surface area (Å²) in [5, 5.41) is 3.27. The number of alkyl halides is 3. The Morgan fingerprint density at radius 1 is 1.22 bits per heavy atom. The first-order valence-electron chi connectivity index (χ1n) is 5.71. The van der Waals surface area contributed by atoms with Gasteiger partial charge in [0.2, 0.25) is 0 Å². The van der Waals surface area contributed by atoms with Gasteiger partial charge in [0.1, 0.15) is 0 Å². The van der Waals surface area contributed by atoms with E-state index in [9.17, 15) is 13.2 Å². The van der Waals surface area contributed by atoms with Crippen LogP contribution in [0.4, 0.5) is 18.9 Å². The average molecular weight is 261 g/mol. The Morgan fingerprint density at radius 2 is 1.83 bits per heavy atom. The van der Waals surface area contributed by atoms with Crippen molar-refractivity contribution in [3.8, 4) is 0 Å². The highest BCUT2D eigenvalue weighted by atomic mass is 19.4. The van der Waals surface area contributed by atoms with Gasteiger partial charge in [0.15, 0.2) is 0 Å². The highest BCUT2D eigenvalue weighted by molar-refractivity contribution is 5.41. The Kier molecular flexibility index (Phi) is 5.43. The van der Waals surface area contributed by atoms with Crippen molar-refractivity contribution in [2.24, 2.45) is 0 Å². The lowest BCUT2D eigenvalue weighted by Crippen LogP contribution is -2.40. The molecule has 1 aromatic rings. The van der Waals surface area contributed by atoms with Gasteiger partial charge in [0.05, 0.1) is 5.56 Å². The minimum absolute atomic E-state index is 0.125. The third-order valence-electron chi connectivity index (χ3n) is 2.55. The van der Waals surface area contributed by atoms with Crippen molar-refractivity contribution in [3.63, 3.8) is 0 Å². The van der Waals surface area contributed by atoms with Crippen LogP contribution in [0.2, 0.25) is 0 Å². The maximum absolute atomic E-state index is 11.9. The third-order valence-corrected chi connectivity index (χ3v) is 2.55. The van der Waals surface area contributed by atoms with Gasteiger partial charge < -0.3 is 16.0 Å². The van der Waals surface area contributed by atoms with E-state index in [0.29, 0.717) is 0 Å². The van der Waals surface area contributed by atoms with E-state index in [0.717, 1.165) is 25.2 Å². The number of halogens is 3. The molecule has 0 aromatic heterocycles. The molecule has 0 unspecified atom stereocenters. The number of benzene rings is 1. The minimum atomic E-state index is -4.30. The number of hydrogen-bond donors (Lipinski definition) is 2. The van der Waals surface area contributed by atoms with Crippen molar-refractivity contribution in [2.45, 2.75) is 6.18 Å². The van der Waals surface area contributed by atoms with Crippen molar-refractivity contribution in [3.05, 3.63) is 29.8 Å². The molecule has 1 aliphatic rings. The maximum Gasteiger partial charge on any atom is 0.416 e. The standard InChI is InChI=1S/C7H6F3N.C5H12N2/c8-7(9,10)5-2-1-3-6(11)4-5;1-7-4-2-6-3-5-7/h1-4H,11H2;6H,2-5H2,1H3. The Bertz CT molecular complexity index is 360. The van der Waals surface area contributed by atoms with E-state index >= 15 is 0 Å². The number of nitrogen functional groups attached to an aromatic ring is 1. The number of anilines is 1. The van der Waals surface area contributed by atoms with Crippen LogP contribution in [-0.4, -0.2) is 38.1 Å². The lowest BCUT2D eigenvalue weighted by Gasteiger charge is -2.21. The molecule has 0 spiro atoms. The average Bonchev–Trinajstić information content (AvgIpc) is 2.30. The van der Waals surface area contributed by atoms with Crippen LogP contribution in [0.3, 0.4) is 0 Å². The van der Waals surface area contributed by atoms with Crippen LogP contribution in [-0.2, 0) is 6.18 Å². The van der Waals surface area contributed by atoms with Crippen molar-refractivity contribution in [1.82, 2.24) is 10.2 Å². The van der Waals surface area contributed by atoms with Gasteiger partial charge in [-0.25, -0.2) is 0 Å². The van der Waals surface area contributed by atoms with Gasteiger partial charge in [-0.15, -0.1) is 0 Å². The van der Waals surface area contributed by atoms with E-state index in [1.165, 1.54) is 25.2 Å². The van der Waals surface area contributed by atoms with Crippen LogP contribution in [0.15, 0.2) is 24.3 Å². The van der Waals surface area contributed by atoms with E-state index in [1.807, 2.05) is 0 Å². The predicted octanol–water partition coefficient (Wildman–Crippen LogP) is 1.81. The molecule has 0 aliphatic carbocycles. The molecule has 3 N–H and O–H groups in total. The highest BCUT2D eigenvalue weighted by Crippen LogP contribution is 2.29. The first-order valence-corrected chi connectivity index (χ1v) is 5.71. The summed E-state index contributed by atoms with van der Waals surface area (Å²) in [4.78, 5) is 2.33. The summed E-state index contributed by atoms with van der Waals surface area (Å²) in [7, 11) is 2.15. The molecule has 1 aliphatic heterocycles. The Morgan fingerprint density at radius 3 is 2.17 bits per heavy atom. The van der Waals surface area contributed by atoms with Gasteiger partial charge in [-0.05, 0) is 25.2 Å². The van der Waals surface area contributed by atoms with Gasteiger partial charge in [-0.1, -0.05) is 6.07 Å². The molecule has 0 bridgehead atoms. The van der Waals surface area contributed by atoms with Crippen LogP contribution in [0.25, 0.3) is 0 Å². The molecule has 1 saturated heterocycles. The molecular weight excluding hydrogens is 243 g/mol. The topological polar surface area (TPSA) is 41.3 Å². The monoisotopic (exact) mass is 261 g/mol. The van der Waals surface area contributed by atoms with E-state index in [4.69, 9.17) is 5.73 Å². The number of likely N-dealkylation sites (N-methyl/N-ethyl adjacent to an activating group) is 1. The van der Waals surface area contributed by atoms with Gasteiger partial charge in [-0.3, -0.25) is 0 Å². The lowest BCUT2D eigenvalue weighted by molar-refractivity contribution is -0.137. The lowest BCUT2D eigenvalue weighted by atomic mass is 10.2. The van der Waals surface area contributed by atoms with E-state index in [1.54, 1.807) is 0 Å². The second-order valence-corrected chi connectivity index (χ2v) is 4.18. The molecule has 1 fully saturated rings. The van der Waals surface area contributed by atoms with Gasteiger partial charge in [0, 0.05) is 31.9 Å². The van der Waals surface area contributed by atoms with Crippen molar-refractivity contribution < 1.29 is 13.2 Å². The fraction of sp³-hybridized carbons (Fsp3) is 0.500. The van der Waals surface area contributed by atoms with Crippen LogP contribution in [0.1, 0.15) is 5.56 Å². The first-order chi connectivity index (χ1) is 8.39. The summed E-state index contributed by atoms with van der Waals surface area (Å²) in [6.45, 7) is 4.74. The molecule has 0 atom stereocenters. The predicted molar refractivity (Wildman–Crippen MR) is 66.2 cm³/mol. The molecule has 1 heterocycles. The largest absolute Gasteiger partial charge is 0.416 e. The molecule has 6 heteroatoms. The Labute approximate surface area is 105 Å². The fourth-order valence-electron chi connectivity index (χ4n) is 1.49. The van der Waals surface area contributed by atoms with Gasteiger partial charge in [0.25, 0.3) is 0 Å². The zero-order valence-corrected chi connectivity index (χ0v) is 10.3. The number of nitrogens with zero attached hydrogens (tertiary/aromatic N) is 1. The van der Waals surface area contributed by atoms with E-state index in [2.05, 4.69) is 17.3 Å². The molecular formula is C12H18F3N3. The van der Waals surface area contributed by atoms with Crippen molar-refractivity contribution in [2.75, 3.05) is 39.0 Å². The summed E-state index contributed by atoms with van der Waals surface area (Å²) >= 11 is 0. The second-order valence-electron chi connectivity index (χ2n) is 4.18. The summed E-state index contributed by atoms with van der Waals surface area (Å²) < 4.78 is 35.7. The number of rotatable bonds is 0. The first kappa shape index (κ1) is 14.8. The molecule has 0 amide bonds. The van der Waals surface area contributed by atoms with Crippen LogP contribution in [0.5, 0.6) is 0 Å². The normalized spacial score (nSPS) is 16.9. The summed E-state index contributed by atoms with van der Waals surface area (Å²) in [5.41, 5.74) is 4.57. The smallest absolute Gasteiger partial charge is 0.399 e. The molecule has 0 radical (unpaired) electrons. The third kappa shape index (κ3) is 5.37. The molecule has 2 rings (SSSR count). The van der Waals surface area contributed by atoms with Crippen LogP contribution in [0, 0.1) is 0 Å². The molecule has 102 valence electrons. The highest BCUT2D eigenvalue weighted by Gasteiger charge is 2.30. The Hall–Kier alpha value is -1.27. The van der Waals surface area contributed by atoms with Crippen LogP contribution < -0.4 is 11.1 Å². The molecule has 1 aromatic carbocycles. The summed E-state index contributed by atoms with van der Waals surface area (Å²) in [6, 6.07) is 4.57.